The minimum Gasteiger partial charge on any atom is -0.469 e. The molecule has 0 rings (SSSR count). The van der Waals surface area contributed by atoms with Crippen molar-refractivity contribution in [3.05, 3.63) is 0 Å². The maximum atomic E-state index is 11.7. The van der Waals surface area contributed by atoms with Crippen molar-refractivity contribution in [2.75, 3.05) is 7.11 Å². The smallest absolute Gasteiger partial charge is 0.305 e. The van der Waals surface area contributed by atoms with Crippen LogP contribution in [0.4, 0.5) is 0 Å². The Morgan fingerprint density at radius 2 is 0.800 bits per heavy atom. The van der Waals surface area contributed by atoms with Gasteiger partial charge in [-0.15, -0.1) is 0 Å². The van der Waals surface area contributed by atoms with E-state index in [0.717, 1.165) is 6.42 Å². The summed E-state index contributed by atoms with van der Waals surface area (Å²) in [7, 11) is 1.39. The van der Waals surface area contributed by atoms with Crippen molar-refractivity contribution in [1.82, 2.24) is 0 Å². The van der Waals surface area contributed by atoms with Crippen molar-refractivity contribution in [2.45, 2.75) is 155 Å². The SMILES string of the molecule is CCCCCCCCCCCCCCCCCCCCCC(=O)CCCC(=O)OC. The second-order valence-electron chi connectivity index (χ2n) is 9.08. The molecule has 0 bridgehead atoms. The molecule has 0 unspecified atom stereocenters. The lowest BCUT2D eigenvalue weighted by atomic mass is 10.0. The Labute approximate surface area is 188 Å². The lowest BCUT2D eigenvalue weighted by Crippen LogP contribution is -2.03. The highest BCUT2D eigenvalue weighted by molar-refractivity contribution is 5.79. The molecule has 0 aromatic rings. The molecule has 30 heavy (non-hydrogen) atoms. The normalized spacial score (nSPS) is 11.0. The maximum Gasteiger partial charge on any atom is 0.305 e. The molecule has 0 aliphatic carbocycles. The molecule has 0 heterocycles. The number of ketones is 1. The summed E-state index contributed by atoms with van der Waals surface area (Å²) in [6.45, 7) is 2.28. The Balaban J connectivity index is 3.12. The molecule has 0 atom stereocenters. The zero-order valence-corrected chi connectivity index (χ0v) is 20.5. The lowest BCUT2D eigenvalue weighted by Gasteiger charge is -2.04. The van der Waals surface area contributed by atoms with Gasteiger partial charge in [0.05, 0.1) is 7.11 Å². The molecule has 0 spiro atoms. The topological polar surface area (TPSA) is 43.4 Å². The fraction of sp³-hybridized carbons (Fsp3) is 0.926. The first kappa shape index (κ1) is 29.1. The highest BCUT2D eigenvalue weighted by atomic mass is 16.5. The third kappa shape index (κ3) is 23.4. The van der Waals surface area contributed by atoms with Gasteiger partial charge in [0.1, 0.15) is 5.78 Å². The van der Waals surface area contributed by atoms with Crippen LogP contribution in [0.15, 0.2) is 0 Å². The molecule has 0 aromatic heterocycles. The van der Waals surface area contributed by atoms with E-state index in [2.05, 4.69) is 11.7 Å². The summed E-state index contributed by atoms with van der Waals surface area (Å²) in [5, 5.41) is 0. The van der Waals surface area contributed by atoms with Crippen LogP contribution in [0.25, 0.3) is 0 Å². The van der Waals surface area contributed by atoms with Crippen molar-refractivity contribution in [3.8, 4) is 0 Å². The highest BCUT2D eigenvalue weighted by Crippen LogP contribution is 2.15. The Morgan fingerprint density at radius 1 is 0.467 bits per heavy atom. The molecule has 3 heteroatoms. The fourth-order valence-electron chi connectivity index (χ4n) is 4.06. The van der Waals surface area contributed by atoms with Gasteiger partial charge in [0, 0.05) is 19.3 Å². The molecule has 0 saturated heterocycles. The first-order valence-electron chi connectivity index (χ1n) is 13.3. The number of carbonyl (C=O) groups is 2. The lowest BCUT2D eigenvalue weighted by molar-refractivity contribution is -0.140. The summed E-state index contributed by atoms with van der Waals surface area (Å²) in [5.74, 6) is 0.0807. The molecular formula is C27H52O3. The summed E-state index contributed by atoms with van der Waals surface area (Å²) < 4.78 is 4.58. The Kier molecular flexibility index (Phi) is 23.7. The number of esters is 1. The third-order valence-electron chi connectivity index (χ3n) is 6.12. The van der Waals surface area contributed by atoms with Crippen LogP contribution in [0.3, 0.4) is 0 Å². The first-order chi connectivity index (χ1) is 14.7. The zero-order chi connectivity index (χ0) is 22.1. The number of hydrogen-bond donors (Lipinski definition) is 0. The van der Waals surface area contributed by atoms with Crippen molar-refractivity contribution < 1.29 is 14.3 Å². The Hall–Kier alpha value is -0.860. The number of ether oxygens (including phenoxy) is 1. The van der Waals surface area contributed by atoms with E-state index in [4.69, 9.17) is 0 Å². The second-order valence-corrected chi connectivity index (χ2v) is 9.08. The van der Waals surface area contributed by atoms with Gasteiger partial charge in [0.25, 0.3) is 0 Å². The van der Waals surface area contributed by atoms with Crippen molar-refractivity contribution in [1.29, 1.82) is 0 Å². The van der Waals surface area contributed by atoms with E-state index >= 15 is 0 Å². The van der Waals surface area contributed by atoms with E-state index in [9.17, 15) is 9.59 Å². The van der Waals surface area contributed by atoms with E-state index < -0.39 is 0 Å². The van der Waals surface area contributed by atoms with Gasteiger partial charge in [0.2, 0.25) is 0 Å². The summed E-state index contributed by atoms with van der Waals surface area (Å²) >= 11 is 0. The largest absolute Gasteiger partial charge is 0.469 e. The van der Waals surface area contributed by atoms with Crippen molar-refractivity contribution >= 4 is 11.8 Å². The molecule has 0 fully saturated rings. The summed E-state index contributed by atoms with van der Waals surface area (Å²) in [4.78, 5) is 22.7. The van der Waals surface area contributed by atoms with Crippen molar-refractivity contribution in [3.63, 3.8) is 0 Å². The third-order valence-corrected chi connectivity index (χ3v) is 6.12. The summed E-state index contributed by atoms with van der Waals surface area (Å²) in [5.41, 5.74) is 0. The number of carbonyl (C=O) groups excluding carboxylic acids is 2. The monoisotopic (exact) mass is 424 g/mol. The maximum absolute atomic E-state index is 11.7. The van der Waals surface area contributed by atoms with Crippen LogP contribution in [-0.4, -0.2) is 18.9 Å². The number of methoxy groups -OCH3 is 1. The molecule has 0 amide bonds. The number of hydrogen-bond acceptors (Lipinski definition) is 3. The van der Waals surface area contributed by atoms with Gasteiger partial charge in [0.15, 0.2) is 0 Å². The molecular weight excluding hydrogens is 372 g/mol. The average molecular weight is 425 g/mol. The second kappa shape index (κ2) is 24.4. The molecule has 0 aliphatic rings. The van der Waals surface area contributed by atoms with Crippen LogP contribution < -0.4 is 0 Å². The molecule has 178 valence electrons. The van der Waals surface area contributed by atoms with Crippen LogP contribution in [0.2, 0.25) is 0 Å². The van der Waals surface area contributed by atoms with Gasteiger partial charge in [-0.25, -0.2) is 0 Å². The Bertz CT molecular complexity index is 378. The van der Waals surface area contributed by atoms with Crippen LogP contribution in [0.5, 0.6) is 0 Å². The van der Waals surface area contributed by atoms with Gasteiger partial charge < -0.3 is 4.74 Å². The fourth-order valence-corrected chi connectivity index (χ4v) is 4.06. The molecule has 0 N–H and O–H groups in total. The van der Waals surface area contributed by atoms with Gasteiger partial charge >= 0.3 is 5.97 Å². The molecule has 3 nitrogen and oxygen atoms in total. The van der Waals surface area contributed by atoms with Gasteiger partial charge in [-0.1, -0.05) is 122 Å². The molecule has 0 aromatic carbocycles. The van der Waals surface area contributed by atoms with Gasteiger partial charge in [-0.3, -0.25) is 9.59 Å². The van der Waals surface area contributed by atoms with Crippen LogP contribution >= 0.6 is 0 Å². The predicted molar refractivity (Wildman–Crippen MR) is 129 cm³/mol. The van der Waals surface area contributed by atoms with Crippen LogP contribution in [0.1, 0.15) is 155 Å². The Morgan fingerprint density at radius 3 is 1.17 bits per heavy atom. The van der Waals surface area contributed by atoms with E-state index in [1.54, 1.807) is 0 Å². The molecule has 0 aliphatic heterocycles. The van der Waals surface area contributed by atoms with Crippen LogP contribution in [0, 0.1) is 0 Å². The highest BCUT2D eigenvalue weighted by Gasteiger charge is 2.05. The number of Topliss-reactive ketones (excluding diaryl/α,β-unsaturated/α-hetero) is 1. The minimum atomic E-state index is -0.216. The minimum absolute atomic E-state index is 0.216. The quantitative estimate of drug-likeness (QED) is 0.115. The molecule has 0 saturated carbocycles. The first-order valence-corrected chi connectivity index (χ1v) is 13.3. The van der Waals surface area contributed by atoms with E-state index in [1.807, 2.05) is 0 Å². The summed E-state index contributed by atoms with van der Waals surface area (Å²) in [6, 6.07) is 0. The predicted octanol–water partition coefficient (Wildman–Crippen LogP) is 8.72. The van der Waals surface area contributed by atoms with Gasteiger partial charge in [-0.2, -0.15) is 0 Å². The zero-order valence-electron chi connectivity index (χ0n) is 20.5. The number of unbranched alkanes of at least 4 members (excludes halogenated alkanes) is 18. The van der Waals surface area contributed by atoms with Crippen LogP contribution in [-0.2, 0) is 14.3 Å². The summed E-state index contributed by atoms with van der Waals surface area (Å²) in [6.07, 6.45) is 28.2. The van der Waals surface area contributed by atoms with Crippen molar-refractivity contribution in [2.24, 2.45) is 0 Å². The standard InChI is InChI=1S/C27H52O3/c1-3-4-5-6-7-8-9-10-11-12-13-14-15-16-17-18-19-20-21-23-26(28)24-22-25-27(29)30-2/h3-25H2,1-2H3. The van der Waals surface area contributed by atoms with Gasteiger partial charge in [-0.05, 0) is 12.8 Å². The van der Waals surface area contributed by atoms with E-state index in [-0.39, 0.29) is 5.97 Å². The number of rotatable bonds is 24. The van der Waals surface area contributed by atoms with E-state index in [1.165, 1.54) is 123 Å². The molecule has 0 radical (unpaired) electrons. The average Bonchev–Trinajstić information content (AvgIpc) is 2.75. The van der Waals surface area contributed by atoms with E-state index in [0.29, 0.717) is 31.5 Å².